The van der Waals surface area contributed by atoms with Gasteiger partial charge in [-0.05, 0) is 39.5 Å². The number of thiol groups is 1. The van der Waals surface area contributed by atoms with Crippen LogP contribution in [0.25, 0.3) is 0 Å². The van der Waals surface area contributed by atoms with Gasteiger partial charge in [0.05, 0.1) is 12.2 Å². The normalized spacial score (nSPS) is 32.7. The molecule has 0 bridgehead atoms. The molecule has 1 rings (SSSR count). The fourth-order valence-electron chi connectivity index (χ4n) is 1.57. The topological polar surface area (TPSA) is 9.23 Å². The zero-order valence-electron chi connectivity index (χ0n) is 7.42. The minimum Gasteiger partial charge on any atom is -0.376 e. The maximum atomic E-state index is 5.71. The number of hydrogen-bond acceptors (Lipinski definition) is 2. The Bertz CT molecular complexity index is 106. The van der Waals surface area contributed by atoms with Gasteiger partial charge < -0.3 is 4.74 Å². The van der Waals surface area contributed by atoms with Crippen molar-refractivity contribution in [1.82, 2.24) is 0 Å². The molecule has 2 heteroatoms. The van der Waals surface area contributed by atoms with Crippen LogP contribution < -0.4 is 0 Å². The summed E-state index contributed by atoms with van der Waals surface area (Å²) in [4.78, 5) is 0. The Labute approximate surface area is 74.9 Å². The third-order valence-electron chi connectivity index (χ3n) is 2.11. The van der Waals surface area contributed by atoms with E-state index in [-0.39, 0.29) is 0 Å². The molecule has 0 aliphatic heterocycles. The minimum absolute atomic E-state index is 0.386. The van der Waals surface area contributed by atoms with E-state index < -0.39 is 0 Å². The molecular formula is C9H18OS. The highest BCUT2D eigenvalue weighted by molar-refractivity contribution is 7.80. The average Bonchev–Trinajstić information content (AvgIpc) is 1.93. The van der Waals surface area contributed by atoms with E-state index in [1.165, 1.54) is 25.7 Å². The van der Waals surface area contributed by atoms with E-state index in [1.54, 1.807) is 0 Å². The Morgan fingerprint density at radius 1 is 1.18 bits per heavy atom. The fourth-order valence-corrected chi connectivity index (χ4v) is 1.86. The maximum absolute atomic E-state index is 5.71. The number of ether oxygens (including phenoxy) is 1. The summed E-state index contributed by atoms with van der Waals surface area (Å²) in [5.74, 6) is 0. The van der Waals surface area contributed by atoms with Crippen LogP contribution in [0.2, 0.25) is 0 Å². The highest BCUT2D eigenvalue weighted by Gasteiger charge is 2.19. The van der Waals surface area contributed by atoms with Gasteiger partial charge in [-0.1, -0.05) is 0 Å². The van der Waals surface area contributed by atoms with E-state index in [4.69, 9.17) is 4.74 Å². The summed E-state index contributed by atoms with van der Waals surface area (Å²) in [6.07, 6.45) is 5.74. The van der Waals surface area contributed by atoms with Crippen molar-refractivity contribution in [2.75, 3.05) is 0 Å². The molecule has 1 saturated carbocycles. The summed E-state index contributed by atoms with van der Waals surface area (Å²) < 4.78 is 5.71. The molecule has 0 aromatic heterocycles. The van der Waals surface area contributed by atoms with Crippen LogP contribution in [0.3, 0.4) is 0 Å². The molecule has 0 radical (unpaired) electrons. The van der Waals surface area contributed by atoms with Crippen LogP contribution in [0.1, 0.15) is 39.5 Å². The summed E-state index contributed by atoms with van der Waals surface area (Å²) >= 11 is 4.44. The smallest absolute Gasteiger partial charge is 0.0579 e. The highest BCUT2D eigenvalue weighted by atomic mass is 32.1. The van der Waals surface area contributed by atoms with Gasteiger partial charge in [0.15, 0.2) is 0 Å². The molecule has 11 heavy (non-hydrogen) atoms. The van der Waals surface area contributed by atoms with Gasteiger partial charge in [-0.2, -0.15) is 12.6 Å². The minimum atomic E-state index is 0.386. The van der Waals surface area contributed by atoms with Gasteiger partial charge in [-0.25, -0.2) is 0 Å². The first-order valence-corrected chi connectivity index (χ1v) is 5.03. The maximum Gasteiger partial charge on any atom is 0.0579 e. The van der Waals surface area contributed by atoms with Gasteiger partial charge >= 0.3 is 0 Å². The molecule has 1 fully saturated rings. The van der Waals surface area contributed by atoms with E-state index in [0.29, 0.717) is 17.5 Å². The molecule has 1 aliphatic rings. The van der Waals surface area contributed by atoms with Gasteiger partial charge in [-0.3, -0.25) is 0 Å². The average molecular weight is 174 g/mol. The van der Waals surface area contributed by atoms with Crippen molar-refractivity contribution in [3.63, 3.8) is 0 Å². The monoisotopic (exact) mass is 174 g/mol. The van der Waals surface area contributed by atoms with Crippen molar-refractivity contribution < 1.29 is 4.74 Å². The zero-order chi connectivity index (χ0) is 8.27. The molecule has 0 atom stereocenters. The summed E-state index contributed by atoms with van der Waals surface area (Å²) in [5, 5.41) is 0.627. The van der Waals surface area contributed by atoms with Crippen LogP contribution in [-0.4, -0.2) is 17.5 Å². The molecule has 1 aliphatic carbocycles. The van der Waals surface area contributed by atoms with E-state index in [2.05, 4.69) is 26.5 Å². The fraction of sp³-hybridized carbons (Fsp3) is 1.00. The molecule has 0 heterocycles. The Morgan fingerprint density at radius 2 is 1.73 bits per heavy atom. The van der Waals surface area contributed by atoms with Crippen molar-refractivity contribution in [3.8, 4) is 0 Å². The van der Waals surface area contributed by atoms with Gasteiger partial charge in [-0.15, -0.1) is 0 Å². The van der Waals surface area contributed by atoms with E-state index >= 15 is 0 Å². The highest BCUT2D eigenvalue weighted by Crippen LogP contribution is 2.25. The molecule has 0 spiro atoms. The third kappa shape index (κ3) is 3.48. The van der Waals surface area contributed by atoms with Crippen LogP contribution in [0.4, 0.5) is 0 Å². The summed E-state index contributed by atoms with van der Waals surface area (Å²) in [6.45, 7) is 4.21. The van der Waals surface area contributed by atoms with E-state index in [1.807, 2.05) is 0 Å². The molecular weight excluding hydrogens is 156 g/mol. The number of rotatable bonds is 2. The second-order valence-electron chi connectivity index (χ2n) is 3.62. The second kappa shape index (κ2) is 4.36. The zero-order valence-corrected chi connectivity index (χ0v) is 8.31. The van der Waals surface area contributed by atoms with Crippen molar-refractivity contribution >= 4 is 12.6 Å². The van der Waals surface area contributed by atoms with E-state index in [0.717, 1.165) is 0 Å². The van der Waals surface area contributed by atoms with Gasteiger partial charge in [0.2, 0.25) is 0 Å². The molecule has 0 aromatic carbocycles. The molecule has 66 valence electrons. The lowest BCUT2D eigenvalue weighted by Gasteiger charge is -2.27. The molecule has 1 nitrogen and oxygen atoms in total. The predicted octanol–water partition coefficient (Wildman–Crippen LogP) is 2.65. The Kier molecular flexibility index (Phi) is 3.73. The summed E-state index contributed by atoms with van der Waals surface area (Å²) in [6, 6.07) is 0. The molecule has 0 amide bonds. The van der Waals surface area contributed by atoms with Crippen LogP contribution in [0, 0.1) is 0 Å². The van der Waals surface area contributed by atoms with Crippen molar-refractivity contribution in [2.24, 2.45) is 0 Å². The lowest BCUT2D eigenvalue weighted by molar-refractivity contribution is -0.0108. The number of hydrogen-bond donors (Lipinski definition) is 1. The van der Waals surface area contributed by atoms with Crippen molar-refractivity contribution in [1.29, 1.82) is 0 Å². The lowest BCUT2D eigenvalue weighted by atomic mass is 9.97. The first-order chi connectivity index (χ1) is 5.18. The lowest BCUT2D eigenvalue weighted by Crippen LogP contribution is -2.24. The Morgan fingerprint density at radius 3 is 2.18 bits per heavy atom. The standard InChI is InChI=1S/C9H18OS/c1-7(2)10-8-3-5-9(11)6-4-8/h7-9,11H,3-6H2,1-2H3/t8-,9-. The van der Waals surface area contributed by atoms with Crippen LogP contribution >= 0.6 is 12.6 Å². The van der Waals surface area contributed by atoms with Gasteiger partial charge in [0.25, 0.3) is 0 Å². The quantitative estimate of drug-likeness (QED) is 0.633. The molecule has 0 aromatic rings. The van der Waals surface area contributed by atoms with Crippen LogP contribution in [0.5, 0.6) is 0 Å². The first-order valence-electron chi connectivity index (χ1n) is 4.52. The van der Waals surface area contributed by atoms with Gasteiger partial charge in [0, 0.05) is 5.25 Å². The molecule has 0 unspecified atom stereocenters. The summed E-state index contributed by atoms with van der Waals surface area (Å²) in [5.41, 5.74) is 0. The third-order valence-corrected chi connectivity index (χ3v) is 2.62. The van der Waals surface area contributed by atoms with E-state index in [9.17, 15) is 0 Å². The molecule has 0 N–H and O–H groups in total. The van der Waals surface area contributed by atoms with Crippen molar-refractivity contribution in [3.05, 3.63) is 0 Å². The Hall–Kier alpha value is 0.310. The van der Waals surface area contributed by atoms with Gasteiger partial charge in [0.1, 0.15) is 0 Å². The van der Waals surface area contributed by atoms with Crippen LogP contribution in [-0.2, 0) is 4.74 Å². The Balaban J connectivity index is 2.17. The molecule has 0 saturated heterocycles. The van der Waals surface area contributed by atoms with Crippen LogP contribution in [0.15, 0.2) is 0 Å². The largest absolute Gasteiger partial charge is 0.376 e. The summed E-state index contributed by atoms with van der Waals surface area (Å²) in [7, 11) is 0. The van der Waals surface area contributed by atoms with Crippen molar-refractivity contribution in [2.45, 2.75) is 57.0 Å². The SMILES string of the molecule is CC(C)O[C@H]1CC[C@H](S)CC1. The second-order valence-corrected chi connectivity index (χ2v) is 4.35. The predicted molar refractivity (Wildman–Crippen MR) is 51.3 cm³/mol. The first kappa shape index (κ1) is 9.40.